The third-order valence-corrected chi connectivity index (χ3v) is 4.15. The molecular weight excluding hydrogens is 344 g/mol. The van der Waals surface area contributed by atoms with E-state index in [2.05, 4.69) is 15.4 Å². The first-order chi connectivity index (χ1) is 13.2. The third-order valence-electron chi connectivity index (χ3n) is 4.15. The lowest BCUT2D eigenvalue weighted by atomic mass is 10.2. The number of aromatic amines is 1. The highest BCUT2D eigenvalue weighted by Crippen LogP contribution is 2.20. The molecule has 7 heteroatoms. The normalized spacial score (nSPS) is 10.7. The number of nitrogens with zero attached hydrogens (tertiary/aromatic N) is 2. The monoisotopic (exact) mass is 360 g/mol. The van der Waals surface area contributed by atoms with E-state index in [-0.39, 0.29) is 17.3 Å². The number of carbonyl (C=O) groups is 2. The fraction of sp³-hybridized carbons (Fsp3) is 0.0500. The van der Waals surface area contributed by atoms with Crippen LogP contribution in [0.3, 0.4) is 0 Å². The van der Waals surface area contributed by atoms with E-state index in [1.165, 1.54) is 17.9 Å². The van der Waals surface area contributed by atoms with E-state index in [9.17, 15) is 9.59 Å². The van der Waals surface area contributed by atoms with Crippen LogP contribution in [0.2, 0.25) is 0 Å². The predicted octanol–water partition coefficient (Wildman–Crippen LogP) is 3.39. The number of anilines is 1. The molecule has 7 nitrogen and oxygen atoms in total. The Balaban J connectivity index is 1.71. The average Bonchev–Trinajstić information content (AvgIpc) is 3.35. The van der Waals surface area contributed by atoms with Crippen LogP contribution in [0.25, 0.3) is 16.6 Å². The first kappa shape index (κ1) is 16.6. The second kappa shape index (κ2) is 6.80. The van der Waals surface area contributed by atoms with Gasteiger partial charge in [0.25, 0.3) is 5.91 Å². The summed E-state index contributed by atoms with van der Waals surface area (Å²) in [5, 5.41) is 8.07. The van der Waals surface area contributed by atoms with Gasteiger partial charge in [0, 0.05) is 28.9 Å². The van der Waals surface area contributed by atoms with Crippen molar-refractivity contribution in [2.24, 2.45) is 0 Å². The van der Waals surface area contributed by atoms with Crippen molar-refractivity contribution in [2.75, 3.05) is 12.4 Å². The van der Waals surface area contributed by atoms with Crippen LogP contribution < -0.4 is 5.32 Å². The smallest absolute Gasteiger partial charge is 0.358 e. The Labute approximate surface area is 154 Å². The molecule has 0 bridgehead atoms. The summed E-state index contributed by atoms with van der Waals surface area (Å²) in [6.07, 6.45) is 1.84. The van der Waals surface area contributed by atoms with Crippen LogP contribution in [0.1, 0.15) is 21.0 Å². The predicted molar refractivity (Wildman–Crippen MR) is 101 cm³/mol. The molecule has 0 spiro atoms. The number of nitrogens with one attached hydrogen (secondary N) is 2. The number of esters is 1. The molecule has 0 aliphatic carbocycles. The number of rotatable bonds is 4. The van der Waals surface area contributed by atoms with Crippen molar-refractivity contribution >= 4 is 28.5 Å². The third kappa shape index (κ3) is 3.18. The molecule has 0 unspecified atom stereocenters. The van der Waals surface area contributed by atoms with Crippen LogP contribution in [0.4, 0.5) is 5.69 Å². The Hall–Kier alpha value is -3.87. The number of ether oxygens (including phenoxy) is 1. The van der Waals surface area contributed by atoms with Crippen LogP contribution >= 0.6 is 0 Å². The number of benzene rings is 2. The quantitative estimate of drug-likeness (QED) is 0.546. The number of para-hydroxylation sites is 1. The van der Waals surface area contributed by atoms with E-state index >= 15 is 0 Å². The Morgan fingerprint density at radius 2 is 1.89 bits per heavy atom. The molecule has 0 atom stereocenters. The van der Waals surface area contributed by atoms with Gasteiger partial charge in [-0.05, 0) is 36.4 Å². The molecule has 0 fully saturated rings. The van der Waals surface area contributed by atoms with Crippen molar-refractivity contribution in [3.8, 4) is 5.69 Å². The lowest BCUT2D eigenvalue weighted by molar-refractivity contribution is 0.0593. The van der Waals surface area contributed by atoms with E-state index in [0.717, 1.165) is 10.9 Å². The zero-order chi connectivity index (χ0) is 18.8. The van der Waals surface area contributed by atoms with Crippen molar-refractivity contribution in [1.82, 2.24) is 14.8 Å². The number of fused-ring (bicyclic) bond motifs is 1. The largest absolute Gasteiger partial charge is 0.464 e. The average molecular weight is 360 g/mol. The molecule has 1 amide bonds. The standard InChI is InChI=1S/C20H16N4O3/c1-27-20(26)17-12-18(24(23-17)15-5-3-2-4-6-15)19(25)22-14-7-8-16-13(11-14)9-10-21-16/h2-12,21H,1H3,(H,22,25). The van der Waals surface area contributed by atoms with Crippen LogP contribution in [0.15, 0.2) is 66.9 Å². The van der Waals surface area contributed by atoms with Crippen molar-refractivity contribution in [1.29, 1.82) is 0 Å². The molecule has 27 heavy (non-hydrogen) atoms. The van der Waals surface area contributed by atoms with E-state index in [1.54, 1.807) is 18.2 Å². The van der Waals surface area contributed by atoms with E-state index < -0.39 is 5.97 Å². The van der Waals surface area contributed by atoms with Crippen LogP contribution in [0.5, 0.6) is 0 Å². The molecule has 4 aromatic rings. The molecule has 4 rings (SSSR count). The molecule has 2 aromatic carbocycles. The van der Waals surface area contributed by atoms with Gasteiger partial charge in [-0.25, -0.2) is 9.48 Å². The Kier molecular flexibility index (Phi) is 4.18. The maximum Gasteiger partial charge on any atom is 0.358 e. The number of amides is 1. The number of carbonyl (C=O) groups excluding carboxylic acids is 2. The van der Waals surface area contributed by atoms with Crippen LogP contribution in [-0.4, -0.2) is 33.8 Å². The van der Waals surface area contributed by atoms with Gasteiger partial charge in [-0.2, -0.15) is 5.10 Å². The van der Waals surface area contributed by atoms with Gasteiger partial charge in [0.1, 0.15) is 5.69 Å². The number of aromatic nitrogens is 3. The summed E-state index contributed by atoms with van der Waals surface area (Å²) in [6, 6.07) is 18.0. The lowest BCUT2D eigenvalue weighted by Crippen LogP contribution is -2.16. The second-order valence-electron chi connectivity index (χ2n) is 5.89. The minimum atomic E-state index is -0.604. The zero-order valence-corrected chi connectivity index (χ0v) is 14.5. The fourth-order valence-electron chi connectivity index (χ4n) is 2.84. The molecule has 2 heterocycles. The molecule has 0 aliphatic rings. The molecule has 2 N–H and O–H groups in total. The Bertz CT molecular complexity index is 1130. The molecular formula is C20H16N4O3. The molecule has 0 saturated heterocycles. The van der Waals surface area contributed by atoms with Gasteiger partial charge in [-0.3, -0.25) is 4.79 Å². The highest BCUT2D eigenvalue weighted by atomic mass is 16.5. The van der Waals surface area contributed by atoms with Crippen LogP contribution in [0, 0.1) is 0 Å². The molecule has 0 aliphatic heterocycles. The summed E-state index contributed by atoms with van der Waals surface area (Å²) >= 11 is 0. The number of hydrogen-bond donors (Lipinski definition) is 2. The Morgan fingerprint density at radius 3 is 2.67 bits per heavy atom. The van der Waals surface area contributed by atoms with Gasteiger partial charge < -0.3 is 15.0 Å². The molecule has 0 radical (unpaired) electrons. The minimum absolute atomic E-state index is 0.0626. The molecule has 2 aromatic heterocycles. The summed E-state index contributed by atoms with van der Waals surface area (Å²) < 4.78 is 6.15. The maximum absolute atomic E-state index is 12.9. The Morgan fingerprint density at radius 1 is 1.07 bits per heavy atom. The van der Waals surface area contributed by atoms with Gasteiger partial charge in [-0.1, -0.05) is 18.2 Å². The van der Waals surface area contributed by atoms with Crippen molar-refractivity contribution in [2.45, 2.75) is 0 Å². The molecule has 0 saturated carbocycles. The summed E-state index contributed by atoms with van der Waals surface area (Å²) in [5.41, 5.74) is 2.59. The summed E-state index contributed by atoms with van der Waals surface area (Å²) in [7, 11) is 1.27. The summed E-state index contributed by atoms with van der Waals surface area (Å²) in [6.45, 7) is 0. The van der Waals surface area contributed by atoms with Gasteiger partial charge in [-0.15, -0.1) is 0 Å². The number of methoxy groups -OCH3 is 1. The van der Waals surface area contributed by atoms with Crippen LogP contribution in [-0.2, 0) is 4.74 Å². The highest BCUT2D eigenvalue weighted by Gasteiger charge is 2.21. The number of hydrogen-bond acceptors (Lipinski definition) is 4. The van der Waals surface area contributed by atoms with Gasteiger partial charge >= 0.3 is 5.97 Å². The van der Waals surface area contributed by atoms with Gasteiger partial charge in [0.15, 0.2) is 5.69 Å². The van der Waals surface area contributed by atoms with Crippen molar-refractivity contribution in [3.63, 3.8) is 0 Å². The highest BCUT2D eigenvalue weighted by molar-refractivity contribution is 6.05. The first-order valence-electron chi connectivity index (χ1n) is 8.28. The summed E-state index contributed by atoms with van der Waals surface area (Å²) in [5.74, 6) is -0.983. The lowest BCUT2D eigenvalue weighted by Gasteiger charge is -2.08. The SMILES string of the molecule is COC(=O)c1cc(C(=O)Nc2ccc3[nH]ccc3c2)n(-c2ccccc2)n1. The zero-order valence-electron chi connectivity index (χ0n) is 14.5. The molecule has 134 valence electrons. The second-order valence-corrected chi connectivity index (χ2v) is 5.89. The minimum Gasteiger partial charge on any atom is -0.464 e. The topological polar surface area (TPSA) is 89.0 Å². The van der Waals surface area contributed by atoms with E-state index in [0.29, 0.717) is 11.4 Å². The fourth-order valence-corrected chi connectivity index (χ4v) is 2.84. The van der Waals surface area contributed by atoms with Crippen molar-refractivity contribution in [3.05, 3.63) is 78.2 Å². The van der Waals surface area contributed by atoms with Gasteiger partial charge in [0.2, 0.25) is 0 Å². The number of H-pyrrole nitrogens is 1. The summed E-state index contributed by atoms with van der Waals surface area (Å²) in [4.78, 5) is 27.9. The van der Waals surface area contributed by atoms with Crippen molar-refractivity contribution < 1.29 is 14.3 Å². The van der Waals surface area contributed by atoms with E-state index in [4.69, 9.17) is 4.74 Å². The van der Waals surface area contributed by atoms with Gasteiger partial charge in [0.05, 0.1) is 12.8 Å². The first-order valence-corrected chi connectivity index (χ1v) is 8.28. The maximum atomic E-state index is 12.9. The van der Waals surface area contributed by atoms with E-state index in [1.807, 2.05) is 42.6 Å².